The van der Waals surface area contributed by atoms with Gasteiger partial charge in [0.25, 0.3) is 0 Å². The van der Waals surface area contributed by atoms with Crippen LogP contribution in [0.2, 0.25) is 0 Å². The maximum Gasteiger partial charge on any atom is 0.412 e. The lowest BCUT2D eigenvalue weighted by Gasteiger charge is -2.21. The van der Waals surface area contributed by atoms with E-state index in [2.05, 4.69) is 16.0 Å². The van der Waals surface area contributed by atoms with Gasteiger partial charge in [0.2, 0.25) is 5.95 Å². The number of carbonyl (C=O) groups excluding carboxylic acids is 2. The van der Waals surface area contributed by atoms with Gasteiger partial charge in [0.05, 0.1) is 54.8 Å². The van der Waals surface area contributed by atoms with Crippen molar-refractivity contribution in [1.82, 2.24) is 9.97 Å². The quantitative estimate of drug-likeness (QED) is 0.226. The molecule has 0 bridgehead atoms. The van der Waals surface area contributed by atoms with Crippen molar-refractivity contribution in [2.24, 2.45) is 5.41 Å². The van der Waals surface area contributed by atoms with Crippen LogP contribution in [0.25, 0.3) is 6.08 Å². The van der Waals surface area contributed by atoms with E-state index in [1.54, 1.807) is 26.8 Å². The molecule has 2 aromatic carbocycles. The number of nitrogens with one attached hydrogen (secondary N) is 3. The van der Waals surface area contributed by atoms with Gasteiger partial charge in [-0.2, -0.15) is 4.98 Å². The zero-order valence-electron chi connectivity index (χ0n) is 28.9. The third kappa shape index (κ3) is 10.1. The highest BCUT2D eigenvalue weighted by Gasteiger charge is 2.29. The number of nitrogens with zero attached hydrogens (tertiary/aromatic N) is 2. The Bertz CT molecular complexity index is 1660. The number of benzene rings is 2. The van der Waals surface area contributed by atoms with Gasteiger partial charge in [-0.15, -0.1) is 0 Å². The van der Waals surface area contributed by atoms with E-state index < -0.39 is 17.1 Å². The van der Waals surface area contributed by atoms with Crippen LogP contribution in [-0.2, 0) is 23.7 Å². The first-order chi connectivity index (χ1) is 23.4. The Kier molecular flexibility index (Phi) is 11.2. The Hall–Kier alpha value is -4.88. The van der Waals surface area contributed by atoms with Crippen molar-refractivity contribution < 1.29 is 38.0 Å². The van der Waals surface area contributed by atoms with Crippen LogP contribution in [0, 0.1) is 5.41 Å². The molecule has 13 heteroatoms. The van der Waals surface area contributed by atoms with E-state index in [1.165, 1.54) is 0 Å². The molecular weight excluding hydrogens is 630 g/mol. The number of amides is 1. The van der Waals surface area contributed by atoms with Gasteiger partial charge >= 0.3 is 12.1 Å². The predicted octanol–water partition coefficient (Wildman–Crippen LogP) is 6.81. The van der Waals surface area contributed by atoms with Crippen molar-refractivity contribution in [2.75, 3.05) is 62.2 Å². The van der Waals surface area contributed by atoms with Crippen molar-refractivity contribution in [2.45, 2.75) is 53.1 Å². The number of rotatable bonds is 7. The average Bonchev–Trinajstić information content (AvgIpc) is 3.43. The van der Waals surface area contributed by atoms with Gasteiger partial charge in [0.15, 0.2) is 11.5 Å². The van der Waals surface area contributed by atoms with Crippen molar-refractivity contribution in [3.8, 4) is 11.5 Å². The van der Waals surface area contributed by atoms with E-state index in [-0.39, 0.29) is 18.5 Å². The molecule has 1 aliphatic heterocycles. The SMILES string of the molecule is CC(C)(C)OC(=O)Nc1ccccc1Nc1nc(Nc2ccc3c(c2)OCCOCCOCCO3)nc2c1C=CC2COC(=O)C(C)(C)C. The second-order valence-corrected chi connectivity index (χ2v) is 13.5. The molecule has 13 nitrogen and oxygen atoms in total. The lowest BCUT2D eigenvalue weighted by molar-refractivity contribution is -0.153. The molecule has 1 amide bonds. The minimum Gasteiger partial charge on any atom is -0.487 e. The van der Waals surface area contributed by atoms with E-state index in [4.69, 9.17) is 38.4 Å². The summed E-state index contributed by atoms with van der Waals surface area (Å²) in [7, 11) is 0. The smallest absolute Gasteiger partial charge is 0.412 e. The average molecular weight is 676 g/mol. The summed E-state index contributed by atoms with van der Waals surface area (Å²) >= 11 is 0. The standard InChI is InChI=1S/C36H45N5O8/c1-35(2,3)32(42)48-22-23-11-13-25-30(23)40-33(37-24-12-14-28-29(21-24)47-20-18-45-16-15-44-17-19-46-28)41-31(25)38-26-9-7-8-10-27(26)39-34(43)49-36(4,5)6/h7-14,21,23H,15-20,22H2,1-6H3,(H,39,43)(H2,37,38,40,41). The summed E-state index contributed by atoms with van der Waals surface area (Å²) in [5.41, 5.74) is 1.84. The minimum absolute atomic E-state index is 0.113. The number of carbonyl (C=O) groups is 2. The molecule has 3 N–H and O–H groups in total. The van der Waals surface area contributed by atoms with Gasteiger partial charge in [-0.3, -0.25) is 10.1 Å². The monoisotopic (exact) mass is 675 g/mol. The van der Waals surface area contributed by atoms with Crippen LogP contribution in [0.1, 0.15) is 58.7 Å². The summed E-state index contributed by atoms with van der Waals surface area (Å²) in [5, 5.41) is 9.49. The topological polar surface area (TPSA) is 151 Å². The summed E-state index contributed by atoms with van der Waals surface area (Å²) in [6, 6.07) is 12.7. The number of anilines is 5. The van der Waals surface area contributed by atoms with E-state index in [9.17, 15) is 9.59 Å². The van der Waals surface area contributed by atoms with Gasteiger partial charge in [-0.1, -0.05) is 24.3 Å². The number of ether oxygens (including phenoxy) is 6. The molecule has 49 heavy (non-hydrogen) atoms. The highest BCUT2D eigenvalue weighted by atomic mass is 16.6. The third-order valence-corrected chi connectivity index (χ3v) is 7.19. The molecule has 1 aromatic heterocycles. The number of fused-ring (bicyclic) bond motifs is 2. The first-order valence-corrected chi connectivity index (χ1v) is 16.3. The van der Waals surface area contributed by atoms with Crippen molar-refractivity contribution >= 4 is 47.0 Å². The fourth-order valence-electron chi connectivity index (χ4n) is 4.84. The number of hydrogen-bond donors (Lipinski definition) is 3. The molecule has 0 saturated carbocycles. The summed E-state index contributed by atoms with van der Waals surface area (Å²) in [4.78, 5) is 35.0. The molecule has 2 aliphatic rings. The third-order valence-electron chi connectivity index (χ3n) is 7.19. The Morgan fingerprint density at radius 3 is 2.20 bits per heavy atom. The Morgan fingerprint density at radius 2 is 1.51 bits per heavy atom. The van der Waals surface area contributed by atoms with Crippen molar-refractivity contribution in [3.63, 3.8) is 0 Å². The second kappa shape index (κ2) is 15.6. The lowest BCUT2D eigenvalue weighted by Crippen LogP contribution is -2.27. The molecule has 1 aliphatic carbocycles. The van der Waals surface area contributed by atoms with Gasteiger partial charge in [0, 0.05) is 17.3 Å². The normalized spacial score (nSPS) is 16.4. The number of aromatic nitrogens is 2. The molecule has 262 valence electrons. The lowest BCUT2D eigenvalue weighted by atomic mass is 9.97. The van der Waals surface area contributed by atoms with Gasteiger partial charge in [0.1, 0.15) is 31.2 Å². The molecule has 1 unspecified atom stereocenters. The maximum absolute atomic E-state index is 12.6. The van der Waals surface area contributed by atoms with E-state index in [1.807, 2.05) is 69.3 Å². The number of esters is 1. The Labute approximate surface area is 286 Å². The van der Waals surface area contributed by atoms with E-state index in [0.29, 0.717) is 85.7 Å². The largest absolute Gasteiger partial charge is 0.487 e. The number of para-hydroxylation sites is 2. The summed E-state index contributed by atoms with van der Waals surface area (Å²) in [5.74, 6) is 1.27. The fraction of sp³-hybridized carbons (Fsp3) is 0.444. The van der Waals surface area contributed by atoms with Crippen LogP contribution in [0.3, 0.4) is 0 Å². The molecule has 0 radical (unpaired) electrons. The van der Waals surface area contributed by atoms with Crippen LogP contribution in [-0.4, -0.2) is 73.9 Å². The van der Waals surface area contributed by atoms with Gasteiger partial charge < -0.3 is 39.1 Å². The van der Waals surface area contributed by atoms with E-state index >= 15 is 0 Å². The zero-order chi connectivity index (χ0) is 35.0. The summed E-state index contributed by atoms with van der Waals surface area (Å²) < 4.78 is 34.2. The Morgan fingerprint density at radius 1 is 0.837 bits per heavy atom. The first kappa shape index (κ1) is 35.4. The molecule has 0 saturated heterocycles. The molecule has 5 rings (SSSR count). The van der Waals surface area contributed by atoms with Crippen LogP contribution in [0.5, 0.6) is 11.5 Å². The maximum atomic E-state index is 12.6. The van der Waals surface area contributed by atoms with Gasteiger partial charge in [-0.05, 0) is 65.8 Å². The highest BCUT2D eigenvalue weighted by molar-refractivity contribution is 5.91. The van der Waals surface area contributed by atoms with Crippen molar-refractivity contribution in [3.05, 3.63) is 59.8 Å². The van der Waals surface area contributed by atoms with Gasteiger partial charge in [-0.25, -0.2) is 9.78 Å². The predicted molar refractivity (Wildman–Crippen MR) is 186 cm³/mol. The molecule has 1 atom stereocenters. The molecule has 0 fully saturated rings. The zero-order valence-corrected chi connectivity index (χ0v) is 28.9. The fourth-order valence-corrected chi connectivity index (χ4v) is 4.84. The minimum atomic E-state index is -0.664. The molecule has 2 heterocycles. The van der Waals surface area contributed by atoms with Crippen molar-refractivity contribution in [1.29, 1.82) is 0 Å². The number of hydrogen-bond acceptors (Lipinski definition) is 12. The molecule has 3 aromatic rings. The first-order valence-electron chi connectivity index (χ1n) is 16.3. The van der Waals surface area contributed by atoms with E-state index in [0.717, 1.165) is 5.56 Å². The van der Waals surface area contributed by atoms with Crippen LogP contribution in [0.15, 0.2) is 48.5 Å². The molecule has 0 spiro atoms. The highest BCUT2D eigenvalue weighted by Crippen LogP contribution is 2.38. The van der Waals surface area contributed by atoms with Crippen LogP contribution in [0.4, 0.5) is 33.6 Å². The van der Waals surface area contributed by atoms with Crippen LogP contribution < -0.4 is 25.4 Å². The summed E-state index contributed by atoms with van der Waals surface area (Å²) in [6.45, 7) is 13.5. The Balaban J connectivity index is 1.45. The summed E-state index contributed by atoms with van der Waals surface area (Å²) in [6.07, 6.45) is 3.26. The molecular formula is C36H45N5O8. The second-order valence-electron chi connectivity index (χ2n) is 13.5. The van der Waals surface area contributed by atoms with Crippen LogP contribution >= 0.6 is 0 Å².